The summed E-state index contributed by atoms with van der Waals surface area (Å²) in [5, 5.41) is 3.76. The van der Waals surface area contributed by atoms with Crippen molar-refractivity contribution in [3.8, 4) is 0 Å². The van der Waals surface area contributed by atoms with Gasteiger partial charge in [-0.2, -0.15) is 0 Å². The van der Waals surface area contributed by atoms with Crippen LogP contribution < -0.4 is 5.32 Å². The van der Waals surface area contributed by atoms with Crippen molar-refractivity contribution in [2.45, 2.75) is 76.9 Å². The maximum Gasteiger partial charge on any atom is 0.0586 e. The Balaban J connectivity index is 1.57. The van der Waals surface area contributed by atoms with Crippen LogP contribution >= 0.6 is 0 Å². The largest absolute Gasteiger partial charge is 0.381 e. The molecule has 2 nitrogen and oxygen atoms in total. The van der Waals surface area contributed by atoms with E-state index in [0.29, 0.717) is 12.1 Å². The van der Waals surface area contributed by atoms with Crippen LogP contribution in [-0.4, -0.2) is 25.8 Å². The molecule has 0 aromatic heterocycles. The molecule has 0 saturated heterocycles. The highest BCUT2D eigenvalue weighted by Gasteiger charge is 2.22. The zero-order valence-corrected chi connectivity index (χ0v) is 12.3. The Kier molecular flexibility index (Phi) is 5.97. The summed E-state index contributed by atoms with van der Waals surface area (Å²) in [5.41, 5.74) is 0. The van der Waals surface area contributed by atoms with Crippen LogP contribution in [0.1, 0.15) is 64.7 Å². The standard InChI is InChI=1S/C16H31NO/c1-13-6-8-14(9-7-13)10-11-17-15-4-3-5-16(12-15)18-2/h13-17H,3-12H2,1-2H3. The molecule has 2 saturated carbocycles. The van der Waals surface area contributed by atoms with Crippen LogP contribution in [0.5, 0.6) is 0 Å². The number of hydrogen-bond acceptors (Lipinski definition) is 2. The lowest BCUT2D eigenvalue weighted by Gasteiger charge is -2.30. The van der Waals surface area contributed by atoms with Crippen molar-refractivity contribution in [1.29, 1.82) is 0 Å². The molecule has 2 atom stereocenters. The lowest BCUT2D eigenvalue weighted by atomic mass is 9.81. The van der Waals surface area contributed by atoms with Gasteiger partial charge in [-0.05, 0) is 50.5 Å². The van der Waals surface area contributed by atoms with E-state index in [-0.39, 0.29) is 0 Å². The van der Waals surface area contributed by atoms with Gasteiger partial charge in [-0.15, -0.1) is 0 Å². The molecule has 2 fully saturated rings. The Labute approximate surface area is 113 Å². The fourth-order valence-corrected chi connectivity index (χ4v) is 3.65. The second kappa shape index (κ2) is 7.49. The molecule has 2 unspecified atom stereocenters. The van der Waals surface area contributed by atoms with Crippen LogP contribution in [0.25, 0.3) is 0 Å². The fraction of sp³-hybridized carbons (Fsp3) is 1.00. The van der Waals surface area contributed by atoms with Gasteiger partial charge in [-0.25, -0.2) is 0 Å². The highest BCUT2D eigenvalue weighted by molar-refractivity contribution is 4.79. The summed E-state index contributed by atoms with van der Waals surface area (Å²) < 4.78 is 5.49. The number of ether oxygens (including phenoxy) is 1. The van der Waals surface area contributed by atoms with E-state index in [4.69, 9.17) is 4.74 Å². The number of nitrogens with one attached hydrogen (secondary N) is 1. The first-order chi connectivity index (χ1) is 8.78. The molecule has 2 rings (SSSR count). The first-order valence-electron chi connectivity index (χ1n) is 8.04. The van der Waals surface area contributed by atoms with Crippen LogP contribution in [-0.2, 0) is 4.74 Å². The summed E-state index contributed by atoms with van der Waals surface area (Å²) in [4.78, 5) is 0. The molecule has 0 heterocycles. The van der Waals surface area contributed by atoms with Crippen LogP contribution in [0.2, 0.25) is 0 Å². The molecule has 18 heavy (non-hydrogen) atoms. The molecule has 0 aromatic rings. The van der Waals surface area contributed by atoms with Gasteiger partial charge in [-0.1, -0.05) is 32.6 Å². The van der Waals surface area contributed by atoms with Gasteiger partial charge in [0.15, 0.2) is 0 Å². The van der Waals surface area contributed by atoms with Gasteiger partial charge in [0.05, 0.1) is 6.10 Å². The van der Waals surface area contributed by atoms with Crippen molar-refractivity contribution < 1.29 is 4.74 Å². The quantitative estimate of drug-likeness (QED) is 0.805. The minimum atomic E-state index is 0.506. The Bertz CT molecular complexity index is 223. The first-order valence-corrected chi connectivity index (χ1v) is 8.04. The summed E-state index contributed by atoms with van der Waals surface area (Å²) >= 11 is 0. The molecule has 0 spiro atoms. The van der Waals surface area contributed by atoms with E-state index in [9.17, 15) is 0 Å². The zero-order valence-electron chi connectivity index (χ0n) is 12.3. The topological polar surface area (TPSA) is 21.3 Å². The van der Waals surface area contributed by atoms with Crippen molar-refractivity contribution in [1.82, 2.24) is 5.32 Å². The summed E-state index contributed by atoms with van der Waals surface area (Å²) in [6.07, 6.45) is 12.9. The third-order valence-electron chi connectivity index (χ3n) is 5.08. The summed E-state index contributed by atoms with van der Waals surface area (Å²) in [5.74, 6) is 1.98. The van der Waals surface area contributed by atoms with E-state index in [2.05, 4.69) is 12.2 Å². The second-order valence-electron chi connectivity index (χ2n) is 6.59. The van der Waals surface area contributed by atoms with Crippen molar-refractivity contribution in [3.05, 3.63) is 0 Å². The fourth-order valence-electron chi connectivity index (χ4n) is 3.65. The Morgan fingerprint density at radius 2 is 1.83 bits per heavy atom. The monoisotopic (exact) mass is 253 g/mol. The van der Waals surface area contributed by atoms with E-state index in [1.807, 2.05) is 7.11 Å². The molecule has 0 amide bonds. The SMILES string of the molecule is COC1CCCC(NCCC2CCC(C)CC2)C1. The predicted molar refractivity (Wildman–Crippen MR) is 76.8 cm³/mol. The van der Waals surface area contributed by atoms with Crippen LogP contribution in [0.4, 0.5) is 0 Å². The summed E-state index contributed by atoms with van der Waals surface area (Å²) in [6.45, 7) is 3.63. The van der Waals surface area contributed by atoms with E-state index < -0.39 is 0 Å². The highest BCUT2D eigenvalue weighted by Crippen LogP contribution is 2.30. The van der Waals surface area contributed by atoms with E-state index in [0.717, 1.165) is 11.8 Å². The highest BCUT2D eigenvalue weighted by atomic mass is 16.5. The second-order valence-corrected chi connectivity index (χ2v) is 6.59. The average molecular weight is 253 g/mol. The Morgan fingerprint density at radius 1 is 1.06 bits per heavy atom. The minimum Gasteiger partial charge on any atom is -0.381 e. The van der Waals surface area contributed by atoms with Gasteiger partial charge in [0.1, 0.15) is 0 Å². The molecule has 1 N–H and O–H groups in total. The van der Waals surface area contributed by atoms with E-state index in [1.54, 1.807) is 0 Å². The van der Waals surface area contributed by atoms with Crippen molar-refractivity contribution >= 4 is 0 Å². The smallest absolute Gasteiger partial charge is 0.0586 e. The van der Waals surface area contributed by atoms with E-state index >= 15 is 0 Å². The molecule has 0 radical (unpaired) electrons. The van der Waals surface area contributed by atoms with Gasteiger partial charge >= 0.3 is 0 Å². The van der Waals surface area contributed by atoms with Crippen molar-refractivity contribution in [2.75, 3.05) is 13.7 Å². The lowest BCUT2D eigenvalue weighted by molar-refractivity contribution is 0.0586. The number of methoxy groups -OCH3 is 1. The molecular weight excluding hydrogens is 222 g/mol. The molecule has 2 heteroatoms. The zero-order chi connectivity index (χ0) is 12.8. The van der Waals surface area contributed by atoms with Crippen molar-refractivity contribution in [2.24, 2.45) is 11.8 Å². The van der Waals surface area contributed by atoms with Gasteiger partial charge in [0.25, 0.3) is 0 Å². The molecule has 2 aliphatic carbocycles. The third kappa shape index (κ3) is 4.55. The first kappa shape index (κ1) is 14.3. The maximum atomic E-state index is 5.49. The molecule has 0 aromatic carbocycles. The minimum absolute atomic E-state index is 0.506. The molecule has 0 aliphatic heterocycles. The molecule has 106 valence electrons. The van der Waals surface area contributed by atoms with E-state index in [1.165, 1.54) is 64.3 Å². The third-order valence-corrected chi connectivity index (χ3v) is 5.08. The van der Waals surface area contributed by atoms with Gasteiger partial charge in [0.2, 0.25) is 0 Å². The molecule has 2 aliphatic rings. The Morgan fingerprint density at radius 3 is 2.56 bits per heavy atom. The lowest BCUT2D eigenvalue weighted by Crippen LogP contribution is -2.37. The van der Waals surface area contributed by atoms with Gasteiger partial charge < -0.3 is 10.1 Å². The number of hydrogen-bond donors (Lipinski definition) is 1. The average Bonchev–Trinajstić information content (AvgIpc) is 2.41. The van der Waals surface area contributed by atoms with Crippen LogP contribution in [0.15, 0.2) is 0 Å². The van der Waals surface area contributed by atoms with Gasteiger partial charge in [0, 0.05) is 13.2 Å². The van der Waals surface area contributed by atoms with Gasteiger partial charge in [-0.3, -0.25) is 0 Å². The Hall–Kier alpha value is -0.0800. The predicted octanol–water partition coefficient (Wildman–Crippen LogP) is 3.75. The normalized spacial score (nSPS) is 37.7. The van der Waals surface area contributed by atoms with Crippen LogP contribution in [0.3, 0.4) is 0 Å². The summed E-state index contributed by atoms with van der Waals surface area (Å²) in [6, 6.07) is 0.714. The molecular formula is C16H31NO. The van der Waals surface area contributed by atoms with Crippen LogP contribution in [0, 0.1) is 11.8 Å². The number of rotatable bonds is 5. The maximum absolute atomic E-state index is 5.49. The van der Waals surface area contributed by atoms with Crippen molar-refractivity contribution in [3.63, 3.8) is 0 Å². The molecule has 0 bridgehead atoms. The summed E-state index contributed by atoms with van der Waals surface area (Å²) in [7, 11) is 1.86.